The Morgan fingerprint density at radius 1 is 0.935 bits per heavy atom. The first kappa shape index (κ1) is 22.7. The summed E-state index contributed by atoms with van der Waals surface area (Å²) < 4.78 is 38.2. The molecule has 0 aliphatic carbocycles. The Morgan fingerprint density at radius 2 is 1.71 bits per heavy atom. The average Bonchev–Trinajstić information content (AvgIpc) is 2.75. The highest BCUT2D eigenvalue weighted by atomic mass is 35.5. The van der Waals surface area contributed by atoms with Gasteiger partial charge in [-0.3, -0.25) is 9.52 Å². The van der Waals surface area contributed by atoms with Crippen molar-refractivity contribution in [3.8, 4) is 11.5 Å². The van der Waals surface area contributed by atoms with Crippen molar-refractivity contribution >= 4 is 50.5 Å². The molecular formula is C21H18Cl2N2O5S. The fourth-order valence-corrected chi connectivity index (χ4v) is 4.53. The van der Waals surface area contributed by atoms with Gasteiger partial charge in [0.05, 0.1) is 24.9 Å². The molecule has 0 heterocycles. The predicted molar refractivity (Wildman–Crippen MR) is 121 cm³/mol. The van der Waals surface area contributed by atoms with Crippen LogP contribution in [-0.2, 0) is 10.0 Å². The zero-order valence-corrected chi connectivity index (χ0v) is 18.8. The number of amides is 1. The van der Waals surface area contributed by atoms with Gasteiger partial charge in [0.2, 0.25) is 0 Å². The Balaban J connectivity index is 1.83. The van der Waals surface area contributed by atoms with E-state index in [4.69, 9.17) is 32.7 Å². The van der Waals surface area contributed by atoms with E-state index in [9.17, 15) is 13.2 Å². The topological polar surface area (TPSA) is 93.7 Å². The Kier molecular flexibility index (Phi) is 6.94. The molecule has 31 heavy (non-hydrogen) atoms. The van der Waals surface area contributed by atoms with Crippen LogP contribution in [0.25, 0.3) is 0 Å². The number of carbonyl (C=O) groups excluding carboxylic acids is 1. The molecular weight excluding hydrogens is 463 g/mol. The van der Waals surface area contributed by atoms with Crippen molar-refractivity contribution in [2.45, 2.75) is 4.90 Å². The summed E-state index contributed by atoms with van der Waals surface area (Å²) in [6, 6.07) is 15.1. The number of nitrogens with one attached hydrogen (secondary N) is 2. The minimum Gasteiger partial charge on any atom is -0.497 e. The SMILES string of the molecule is COc1ccc(NC(=O)c2cccc(NS(=O)(=O)c3cc(Cl)ccc3Cl)c2)c(OC)c1. The van der Waals surface area contributed by atoms with Gasteiger partial charge in [-0.1, -0.05) is 29.3 Å². The molecule has 0 bridgehead atoms. The number of halogens is 2. The molecule has 0 aromatic heterocycles. The number of ether oxygens (including phenoxy) is 2. The number of hydrogen-bond acceptors (Lipinski definition) is 5. The Morgan fingerprint density at radius 3 is 2.42 bits per heavy atom. The highest BCUT2D eigenvalue weighted by Crippen LogP contribution is 2.30. The number of hydrogen-bond donors (Lipinski definition) is 2. The molecule has 2 N–H and O–H groups in total. The highest BCUT2D eigenvalue weighted by molar-refractivity contribution is 7.92. The summed E-state index contributed by atoms with van der Waals surface area (Å²) in [7, 11) is -1.02. The second kappa shape index (κ2) is 9.47. The zero-order chi connectivity index (χ0) is 22.6. The molecule has 162 valence electrons. The van der Waals surface area contributed by atoms with Crippen LogP contribution in [0.4, 0.5) is 11.4 Å². The zero-order valence-electron chi connectivity index (χ0n) is 16.5. The van der Waals surface area contributed by atoms with Crippen LogP contribution in [0.3, 0.4) is 0 Å². The van der Waals surface area contributed by atoms with E-state index >= 15 is 0 Å². The van der Waals surface area contributed by atoms with Crippen LogP contribution in [0, 0.1) is 0 Å². The number of benzene rings is 3. The van der Waals surface area contributed by atoms with Crippen LogP contribution in [0.15, 0.2) is 65.6 Å². The average molecular weight is 481 g/mol. The van der Waals surface area contributed by atoms with Gasteiger partial charge in [0.25, 0.3) is 15.9 Å². The maximum atomic E-state index is 12.7. The smallest absolute Gasteiger partial charge is 0.263 e. The van der Waals surface area contributed by atoms with Crippen molar-refractivity contribution in [2.75, 3.05) is 24.3 Å². The van der Waals surface area contributed by atoms with Gasteiger partial charge in [-0.15, -0.1) is 0 Å². The summed E-state index contributed by atoms with van der Waals surface area (Å²) in [5.74, 6) is 0.538. The molecule has 0 fully saturated rings. The number of rotatable bonds is 7. The first-order valence-electron chi connectivity index (χ1n) is 8.85. The van der Waals surface area contributed by atoms with Crippen molar-refractivity contribution in [2.24, 2.45) is 0 Å². The number of carbonyl (C=O) groups is 1. The highest BCUT2D eigenvalue weighted by Gasteiger charge is 2.19. The van der Waals surface area contributed by atoms with E-state index in [-0.39, 0.29) is 26.2 Å². The summed E-state index contributed by atoms with van der Waals surface area (Å²) >= 11 is 11.9. The van der Waals surface area contributed by atoms with Gasteiger partial charge in [-0.05, 0) is 48.5 Å². The first-order chi connectivity index (χ1) is 14.7. The van der Waals surface area contributed by atoms with Crippen molar-refractivity contribution in [3.63, 3.8) is 0 Å². The Labute approximate surface area is 189 Å². The summed E-state index contributed by atoms with van der Waals surface area (Å²) in [4.78, 5) is 12.5. The van der Waals surface area contributed by atoms with Crippen molar-refractivity contribution in [1.82, 2.24) is 0 Å². The summed E-state index contributed by atoms with van der Waals surface area (Å²) in [6.07, 6.45) is 0. The van der Waals surface area contributed by atoms with E-state index in [0.717, 1.165) is 0 Å². The maximum Gasteiger partial charge on any atom is 0.263 e. The normalized spacial score (nSPS) is 11.0. The van der Waals surface area contributed by atoms with Crippen LogP contribution in [0.5, 0.6) is 11.5 Å². The fourth-order valence-electron chi connectivity index (χ4n) is 2.71. The third kappa shape index (κ3) is 5.41. The summed E-state index contributed by atoms with van der Waals surface area (Å²) in [5.41, 5.74) is 0.852. The molecule has 0 saturated heterocycles. The lowest BCUT2D eigenvalue weighted by Gasteiger charge is -2.13. The molecule has 3 aromatic rings. The fraction of sp³-hybridized carbons (Fsp3) is 0.0952. The molecule has 0 spiro atoms. The molecule has 0 aliphatic rings. The van der Waals surface area contributed by atoms with Gasteiger partial charge in [-0.2, -0.15) is 0 Å². The Hall–Kier alpha value is -2.94. The van der Waals surface area contributed by atoms with Gasteiger partial charge in [-0.25, -0.2) is 8.42 Å². The third-order valence-electron chi connectivity index (χ3n) is 4.22. The minimum atomic E-state index is -4.02. The van der Waals surface area contributed by atoms with Crippen LogP contribution in [-0.4, -0.2) is 28.5 Å². The van der Waals surface area contributed by atoms with E-state index in [1.54, 1.807) is 30.3 Å². The van der Waals surface area contributed by atoms with E-state index in [1.807, 2.05) is 0 Å². The molecule has 0 aliphatic heterocycles. The van der Waals surface area contributed by atoms with Gasteiger partial charge in [0, 0.05) is 22.3 Å². The molecule has 0 saturated carbocycles. The van der Waals surface area contributed by atoms with Crippen LogP contribution < -0.4 is 19.5 Å². The third-order valence-corrected chi connectivity index (χ3v) is 6.31. The molecule has 3 rings (SSSR count). The van der Waals surface area contributed by atoms with Crippen LogP contribution >= 0.6 is 23.2 Å². The minimum absolute atomic E-state index is 0.0254. The van der Waals surface area contributed by atoms with E-state index in [2.05, 4.69) is 10.0 Å². The van der Waals surface area contributed by atoms with Crippen molar-refractivity contribution in [1.29, 1.82) is 0 Å². The first-order valence-corrected chi connectivity index (χ1v) is 11.1. The largest absolute Gasteiger partial charge is 0.497 e. The molecule has 1 amide bonds. The second-order valence-electron chi connectivity index (χ2n) is 6.28. The number of methoxy groups -OCH3 is 2. The van der Waals surface area contributed by atoms with Crippen LogP contribution in [0.1, 0.15) is 10.4 Å². The van der Waals surface area contributed by atoms with Crippen molar-refractivity contribution < 1.29 is 22.7 Å². The summed E-state index contributed by atoms with van der Waals surface area (Å²) in [5, 5.41) is 2.99. The molecule has 7 nitrogen and oxygen atoms in total. The van der Waals surface area contributed by atoms with Crippen molar-refractivity contribution in [3.05, 3.63) is 76.3 Å². The molecule has 0 atom stereocenters. The predicted octanol–water partition coefficient (Wildman–Crippen LogP) is 5.06. The molecule has 10 heteroatoms. The van der Waals surface area contributed by atoms with Gasteiger partial charge in [0.1, 0.15) is 16.4 Å². The molecule has 0 unspecified atom stereocenters. The molecule has 0 radical (unpaired) electrons. The second-order valence-corrected chi connectivity index (χ2v) is 8.78. The van der Waals surface area contributed by atoms with E-state index < -0.39 is 15.9 Å². The van der Waals surface area contributed by atoms with E-state index in [0.29, 0.717) is 17.2 Å². The number of sulfonamides is 1. The molecule has 3 aromatic carbocycles. The van der Waals surface area contributed by atoms with Crippen LogP contribution in [0.2, 0.25) is 10.0 Å². The Bertz CT molecular complexity index is 1230. The lowest BCUT2D eigenvalue weighted by Crippen LogP contribution is -2.16. The lowest BCUT2D eigenvalue weighted by atomic mass is 10.2. The van der Waals surface area contributed by atoms with Gasteiger partial charge >= 0.3 is 0 Å². The maximum absolute atomic E-state index is 12.7. The number of anilines is 2. The lowest BCUT2D eigenvalue weighted by molar-refractivity contribution is 0.102. The standard InChI is InChI=1S/C21H18Cl2N2O5S/c1-29-16-7-9-18(19(12-16)30-2)24-21(26)13-4-3-5-15(10-13)25-31(27,28)20-11-14(22)6-8-17(20)23/h3-12,25H,1-2H3,(H,24,26). The van der Waals surface area contributed by atoms with E-state index in [1.165, 1.54) is 44.6 Å². The monoisotopic (exact) mass is 480 g/mol. The summed E-state index contributed by atoms with van der Waals surface area (Å²) in [6.45, 7) is 0. The van der Waals surface area contributed by atoms with Gasteiger partial charge < -0.3 is 14.8 Å². The van der Waals surface area contributed by atoms with Gasteiger partial charge in [0.15, 0.2) is 0 Å². The quantitative estimate of drug-likeness (QED) is 0.492.